The van der Waals surface area contributed by atoms with Gasteiger partial charge in [-0.15, -0.1) is 35.3 Å². The third-order valence-corrected chi connectivity index (χ3v) is 5.66. The van der Waals surface area contributed by atoms with Crippen LogP contribution in [0.3, 0.4) is 0 Å². The van der Waals surface area contributed by atoms with Crippen molar-refractivity contribution in [1.29, 1.82) is 0 Å². The van der Waals surface area contributed by atoms with E-state index in [0.717, 1.165) is 37.6 Å². The number of guanidine groups is 1. The first kappa shape index (κ1) is 23.3. The van der Waals surface area contributed by atoms with Gasteiger partial charge in [-0.05, 0) is 25.3 Å². The molecule has 0 saturated carbocycles. The zero-order valence-electron chi connectivity index (χ0n) is 16.9. The van der Waals surface area contributed by atoms with Gasteiger partial charge < -0.3 is 15.5 Å². The van der Waals surface area contributed by atoms with Crippen LogP contribution in [0.5, 0.6) is 0 Å². The van der Waals surface area contributed by atoms with Gasteiger partial charge in [0.05, 0.1) is 11.2 Å². The molecule has 1 aromatic carbocycles. The second-order valence-electron chi connectivity index (χ2n) is 6.70. The van der Waals surface area contributed by atoms with Crippen molar-refractivity contribution in [2.24, 2.45) is 4.99 Å². The van der Waals surface area contributed by atoms with Crippen LogP contribution in [-0.2, 0) is 0 Å². The van der Waals surface area contributed by atoms with Gasteiger partial charge in [0.1, 0.15) is 4.88 Å². The van der Waals surface area contributed by atoms with Crippen LogP contribution in [0.4, 0.5) is 0 Å². The topological polar surface area (TPSA) is 69.6 Å². The maximum atomic E-state index is 12.1. The molecule has 2 aromatic rings. The molecule has 3 rings (SSSR count). The Labute approximate surface area is 193 Å². The maximum Gasteiger partial charge on any atom is 0.263 e. The summed E-state index contributed by atoms with van der Waals surface area (Å²) in [7, 11) is 1.80. The Bertz CT molecular complexity index is 840. The molecule has 0 radical (unpaired) electrons. The Morgan fingerprint density at radius 2 is 1.90 bits per heavy atom. The average molecular weight is 525 g/mol. The Hall–Kier alpha value is -1.94. The van der Waals surface area contributed by atoms with Crippen LogP contribution in [0.1, 0.15) is 33.8 Å². The highest BCUT2D eigenvalue weighted by molar-refractivity contribution is 14.0. The average Bonchev–Trinajstić information content (AvgIpc) is 3.15. The fourth-order valence-electron chi connectivity index (χ4n) is 3.22. The largest absolute Gasteiger partial charge is 0.354 e. The molecule has 8 heteroatoms. The van der Waals surface area contributed by atoms with Crippen molar-refractivity contribution < 1.29 is 4.79 Å². The first-order chi connectivity index (χ1) is 13.7. The molecular weight excluding hydrogens is 497 g/mol. The van der Waals surface area contributed by atoms with E-state index >= 15 is 0 Å². The van der Waals surface area contributed by atoms with Crippen LogP contribution in [0.25, 0.3) is 6.08 Å². The fraction of sp³-hybridized carbons (Fsp3) is 0.381. The van der Waals surface area contributed by atoms with Gasteiger partial charge in [0, 0.05) is 33.2 Å². The van der Waals surface area contributed by atoms with Crippen LogP contribution in [-0.4, -0.2) is 55.0 Å². The second-order valence-corrected chi connectivity index (χ2v) is 7.55. The molecule has 156 valence electrons. The van der Waals surface area contributed by atoms with Gasteiger partial charge >= 0.3 is 0 Å². The molecule has 0 unspecified atom stereocenters. The number of carbonyl (C=O) groups is 1. The summed E-state index contributed by atoms with van der Waals surface area (Å²) in [5.74, 6) is 0.826. The molecule has 6 nitrogen and oxygen atoms in total. The number of nitrogens with zero attached hydrogens (tertiary/aromatic N) is 3. The molecule has 0 spiro atoms. The summed E-state index contributed by atoms with van der Waals surface area (Å²) >= 11 is 1.37. The van der Waals surface area contributed by atoms with Crippen LogP contribution < -0.4 is 10.6 Å². The normalized spacial score (nSPS) is 14.2. The lowest BCUT2D eigenvalue weighted by Crippen LogP contribution is -2.46. The number of nitrogens with one attached hydrogen (secondary N) is 2. The first-order valence-electron chi connectivity index (χ1n) is 9.55. The van der Waals surface area contributed by atoms with Crippen molar-refractivity contribution in [2.45, 2.75) is 19.8 Å². The van der Waals surface area contributed by atoms with Crippen molar-refractivity contribution in [3.05, 3.63) is 57.6 Å². The van der Waals surface area contributed by atoms with E-state index in [1.54, 1.807) is 12.6 Å². The lowest BCUT2D eigenvalue weighted by molar-refractivity contribution is 0.0957. The number of hydrogen-bond acceptors (Lipinski definition) is 4. The second kappa shape index (κ2) is 11.9. The zero-order valence-corrected chi connectivity index (χ0v) is 20.0. The highest BCUT2D eigenvalue weighted by Gasteiger charge is 2.17. The van der Waals surface area contributed by atoms with E-state index in [9.17, 15) is 4.79 Å². The van der Waals surface area contributed by atoms with Crippen molar-refractivity contribution in [2.75, 3.05) is 33.2 Å². The summed E-state index contributed by atoms with van der Waals surface area (Å²) in [5.41, 5.74) is 5.21. The number of carbonyl (C=O) groups excluding carboxylic acids is 1. The summed E-state index contributed by atoms with van der Waals surface area (Å²) < 4.78 is 0. The summed E-state index contributed by atoms with van der Waals surface area (Å²) in [5, 5.41) is 6.28. The molecule has 0 bridgehead atoms. The van der Waals surface area contributed by atoms with E-state index in [2.05, 4.69) is 55.9 Å². The van der Waals surface area contributed by atoms with Gasteiger partial charge in [-0.25, -0.2) is 4.98 Å². The van der Waals surface area contributed by atoms with E-state index < -0.39 is 0 Å². The lowest BCUT2D eigenvalue weighted by atomic mass is 10.0. The van der Waals surface area contributed by atoms with Crippen LogP contribution in [0, 0.1) is 6.92 Å². The fourth-order valence-corrected chi connectivity index (χ4v) is 3.94. The Morgan fingerprint density at radius 3 is 2.52 bits per heavy atom. The smallest absolute Gasteiger partial charge is 0.263 e. The first-order valence-corrected chi connectivity index (χ1v) is 10.4. The minimum atomic E-state index is -0.0644. The minimum Gasteiger partial charge on any atom is -0.354 e. The molecule has 1 aromatic heterocycles. The van der Waals surface area contributed by atoms with Gasteiger partial charge in [0.2, 0.25) is 0 Å². The maximum absolute atomic E-state index is 12.1. The number of aromatic nitrogens is 1. The third-order valence-electron chi connectivity index (χ3n) is 4.73. The summed E-state index contributed by atoms with van der Waals surface area (Å²) in [4.78, 5) is 23.6. The number of halogens is 1. The number of hydrogen-bond donors (Lipinski definition) is 2. The number of thiazole rings is 1. The van der Waals surface area contributed by atoms with Crippen molar-refractivity contribution in [1.82, 2.24) is 20.5 Å². The Kier molecular flexibility index (Phi) is 9.59. The molecule has 0 atom stereocenters. The monoisotopic (exact) mass is 525 g/mol. The summed E-state index contributed by atoms with van der Waals surface area (Å²) in [6, 6.07) is 10.5. The van der Waals surface area contributed by atoms with E-state index in [0.29, 0.717) is 18.0 Å². The number of benzene rings is 1. The number of aryl methyl sites for hydroxylation is 1. The molecule has 1 aliphatic heterocycles. The zero-order chi connectivity index (χ0) is 19.8. The number of likely N-dealkylation sites (tertiary alicyclic amines) is 1. The van der Waals surface area contributed by atoms with E-state index in [1.807, 2.05) is 13.0 Å². The molecule has 1 amide bonds. The minimum absolute atomic E-state index is 0. The molecular formula is C21H28IN5OS. The van der Waals surface area contributed by atoms with Gasteiger partial charge in [-0.1, -0.05) is 42.0 Å². The SMILES string of the molecule is CN=C(NCCNC(=O)c1scnc1C)N1CCC(=Cc2ccccc2)CC1.I. The number of amides is 1. The summed E-state index contributed by atoms with van der Waals surface area (Å²) in [6.45, 7) is 4.93. The molecule has 29 heavy (non-hydrogen) atoms. The Morgan fingerprint density at radius 1 is 1.21 bits per heavy atom. The molecule has 1 saturated heterocycles. The third kappa shape index (κ3) is 6.81. The van der Waals surface area contributed by atoms with Gasteiger partial charge in [0.25, 0.3) is 5.91 Å². The van der Waals surface area contributed by atoms with E-state index in [1.165, 1.54) is 22.5 Å². The van der Waals surface area contributed by atoms with Crippen molar-refractivity contribution in [3.8, 4) is 0 Å². The molecule has 2 N–H and O–H groups in total. The number of aliphatic imine (C=N–C) groups is 1. The van der Waals surface area contributed by atoms with Crippen LogP contribution >= 0.6 is 35.3 Å². The lowest BCUT2D eigenvalue weighted by Gasteiger charge is -2.31. The predicted molar refractivity (Wildman–Crippen MR) is 131 cm³/mol. The molecule has 1 aliphatic rings. The van der Waals surface area contributed by atoms with Crippen molar-refractivity contribution in [3.63, 3.8) is 0 Å². The highest BCUT2D eigenvalue weighted by atomic mass is 127. The van der Waals surface area contributed by atoms with Gasteiger partial charge in [-0.3, -0.25) is 9.79 Å². The van der Waals surface area contributed by atoms with Crippen LogP contribution in [0.2, 0.25) is 0 Å². The number of piperidine rings is 1. The van der Waals surface area contributed by atoms with E-state index in [4.69, 9.17) is 0 Å². The quantitative estimate of drug-likeness (QED) is 0.271. The molecule has 0 aliphatic carbocycles. The van der Waals surface area contributed by atoms with E-state index in [-0.39, 0.29) is 29.9 Å². The standard InChI is InChI=1S/C21H27N5OS.HI/c1-16-19(28-15-25-16)20(27)23-10-11-24-21(22-2)26-12-8-18(9-13-26)14-17-6-4-3-5-7-17;/h3-7,14-15H,8-13H2,1-2H3,(H,22,24)(H,23,27);1H. The van der Waals surface area contributed by atoms with Gasteiger partial charge in [0.15, 0.2) is 5.96 Å². The van der Waals surface area contributed by atoms with Crippen molar-refractivity contribution >= 4 is 53.3 Å². The Balaban J connectivity index is 0.00000300. The number of rotatable bonds is 5. The predicted octanol–water partition coefficient (Wildman–Crippen LogP) is 3.55. The molecule has 1 fully saturated rings. The van der Waals surface area contributed by atoms with Gasteiger partial charge in [-0.2, -0.15) is 0 Å². The molecule has 2 heterocycles. The summed E-state index contributed by atoms with van der Waals surface area (Å²) in [6.07, 6.45) is 4.37. The van der Waals surface area contributed by atoms with Crippen LogP contribution in [0.15, 0.2) is 46.4 Å². The highest BCUT2D eigenvalue weighted by Crippen LogP contribution is 2.19.